The van der Waals surface area contributed by atoms with Gasteiger partial charge in [0.2, 0.25) is 0 Å². The zero-order chi connectivity index (χ0) is 14.3. The summed E-state index contributed by atoms with van der Waals surface area (Å²) >= 11 is 3.33. The summed E-state index contributed by atoms with van der Waals surface area (Å²) < 4.78 is 12.8. The van der Waals surface area contributed by atoms with E-state index >= 15 is 0 Å². The Hall–Kier alpha value is -0.870. The maximum atomic E-state index is 10.9. The monoisotopic (exact) mass is 326 g/mol. The number of ether oxygens (including phenoxy) is 2. The van der Waals surface area contributed by atoms with Crippen LogP contribution in [0.25, 0.3) is 0 Å². The molecule has 0 N–H and O–H groups in total. The molecule has 2 rings (SSSR count). The van der Waals surface area contributed by atoms with Gasteiger partial charge >= 0.3 is 0 Å². The zero-order valence-electron chi connectivity index (χ0n) is 11.7. The minimum Gasteiger partial charge on any atom is -0.487 e. The molecule has 0 aromatic heterocycles. The van der Waals surface area contributed by atoms with Crippen molar-refractivity contribution in [2.75, 3.05) is 0 Å². The van der Waals surface area contributed by atoms with Crippen LogP contribution < -0.4 is 4.74 Å². The quantitative estimate of drug-likeness (QED) is 0.788. The molecular formula is C15H19BrO3. The summed E-state index contributed by atoms with van der Waals surface area (Å²) in [4.78, 5) is 10.9. The van der Waals surface area contributed by atoms with Crippen LogP contribution in [0.4, 0.5) is 0 Å². The molecule has 1 saturated heterocycles. The first-order valence-electron chi connectivity index (χ1n) is 6.35. The average molecular weight is 327 g/mol. The van der Waals surface area contributed by atoms with Gasteiger partial charge in [0.15, 0.2) is 6.29 Å². The lowest BCUT2D eigenvalue weighted by atomic mass is 9.97. The van der Waals surface area contributed by atoms with Crippen molar-refractivity contribution < 1.29 is 14.3 Å². The Labute approximate surface area is 122 Å². The molecule has 1 atom stereocenters. The summed E-state index contributed by atoms with van der Waals surface area (Å²) in [6.07, 6.45) is 1.62. The molecule has 19 heavy (non-hydrogen) atoms. The van der Waals surface area contributed by atoms with E-state index in [0.717, 1.165) is 17.2 Å². The van der Waals surface area contributed by atoms with Crippen LogP contribution in [0.2, 0.25) is 0 Å². The number of halogens is 1. The van der Waals surface area contributed by atoms with Crippen LogP contribution in [0.15, 0.2) is 22.7 Å². The van der Waals surface area contributed by atoms with Gasteiger partial charge in [-0.1, -0.05) is 15.9 Å². The van der Waals surface area contributed by atoms with Crippen LogP contribution in [0.5, 0.6) is 5.75 Å². The minimum absolute atomic E-state index is 0.0248. The van der Waals surface area contributed by atoms with Gasteiger partial charge in [0.25, 0.3) is 0 Å². The fraction of sp³-hybridized carbons (Fsp3) is 0.533. The third-order valence-electron chi connectivity index (χ3n) is 3.36. The lowest BCUT2D eigenvalue weighted by Crippen LogP contribution is -2.36. The summed E-state index contributed by atoms with van der Waals surface area (Å²) in [5.74, 6) is 0.699. The molecule has 1 aromatic rings. The third kappa shape index (κ3) is 3.18. The van der Waals surface area contributed by atoms with Gasteiger partial charge in [0.1, 0.15) is 17.5 Å². The highest BCUT2D eigenvalue weighted by atomic mass is 79.9. The van der Waals surface area contributed by atoms with Crippen molar-refractivity contribution in [3.05, 3.63) is 28.2 Å². The first-order valence-corrected chi connectivity index (χ1v) is 7.14. The number of carbonyl (C=O) groups is 1. The minimum atomic E-state index is -0.335. The lowest BCUT2D eigenvalue weighted by molar-refractivity contribution is -0.0846. The Balaban J connectivity index is 2.20. The summed E-state index contributed by atoms with van der Waals surface area (Å²) in [6, 6.07) is 5.43. The first kappa shape index (κ1) is 14.5. The molecule has 0 spiro atoms. The summed E-state index contributed by atoms with van der Waals surface area (Å²) in [6.45, 7) is 8.20. The fourth-order valence-corrected chi connectivity index (χ4v) is 2.89. The Morgan fingerprint density at radius 1 is 1.37 bits per heavy atom. The topological polar surface area (TPSA) is 35.5 Å². The molecule has 104 valence electrons. The van der Waals surface area contributed by atoms with E-state index in [4.69, 9.17) is 9.47 Å². The van der Waals surface area contributed by atoms with Gasteiger partial charge in [-0.2, -0.15) is 0 Å². The molecule has 0 radical (unpaired) electrons. The molecular weight excluding hydrogens is 308 g/mol. The second-order valence-electron chi connectivity index (χ2n) is 6.08. The Morgan fingerprint density at radius 3 is 2.58 bits per heavy atom. The molecule has 0 aliphatic carbocycles. The predicted octanol–water partition coefficient (Wildman–Crippen LogP) is 3.99. The van der Waals surface area contributed by atoms with Gasteiger partial charge in [0, 0.05) is 16.5 Å². The molecule has 0 bridgehead atoms. The highest BCUT2D eigenvalue weighted by Crippen LogP contribution is 2.39. The van der Waals surface area contributed by atoms with Crippen LogP contribution in [0.3, 0.4) is 0 Å². The smallest absolute Gasteiger partial charge is 0.151 e. The van der Waals surface area contributed by atoms with E-state index in [0.29, 0.717) is 11.3 Å². The lowest BCUT2D eigenvalue weighted by Gasteiger charge is -2.27. The number of rotatable bonds is 3. The SMILES string of the molecule is CC1(C)CC(Oc2ccc(Br)c(C=O)c2)C(C)(C)O1. The van der Waals surface area contributed by atoms with Gasteiger partial charge in [0.05, 0.1) is 5.60 Å². The predicted molar refractivity (Wildman–Crippen MR) is 77.8 cm³/mol. The molecule has 0 saturated carbocycles. The van der Waals surface area contributed by atoms with Gasteiger partial charge in [-0.25, -0.2) is 0 Å². The van der Waals surface area contributed by atoms with Gasteiger partial charge in [-0.05, 0) is 45.9 Å². The van der Waals surface area contributed by atoms with E-state index in [9.17, 15) is 4.79 Å². The molecule has 1 unspecified atom stereocenters. The van der Waals surface area contributed by atoms with Gasteiger partial charge in [-0.3, -0.25) is 4.79 Å². The Morgan fingerprint density at radius 2 is 2.05 bits per heavy atom. The molecule has 1 fully saturated rings. The molecule has 1 aliphatic heterocycles. The van der Waals surface area contributed by atoms with E-state index in [1.807, 2.05) is 26.0 Å². The van der Waals surface area contributed by atoms with E-state index in [2.05, 4.69) is 29.8 Å². The van der Waals surface area contributed by atoms with Crippen molar-refractivity contribution in [1.29, 1.82) is 0 Å². The molecule has 4 heteroatoms. The van der Waals surface area contributed by atoms with Crippen molar-refractivity contribution in [2.24, 2.45) is 0 Å². The first-order chi connectivity index (χ1) is 8.73. The van der Waals surface area contributed by atoms with Crippen molar-refractivity contribution >= 4 is 22.2 Å². The van der Waals surface area contributed by atoms with Crippen molar-refractivity contribution in [3.8, 4) is 5.75 Å². The largest absolute Gasteiger partial charge is 0.487 e. The van der Waals surface area contributed by atoms with Crippen LogP contribution in [0.1, 0.15) is 44.5 Å². The van der Waals surface area contributed by atoms with Crippen molar-refractivity contribution in [3.63, 3.8) is 0 Å². The summed E-state index contributed by atoms with van der Waals surface area (Å²) in [5.41, 5.74) is 0.0723. The highest BCUT2D eigenvalue weighted by Gasteiger charge is 2.47. The van der Waals surface area contributed by atoms with Crippen molar-refractivity contribution in [1.82, 2.24) is 0 Å². The zero-order valence-corrected chi connectivity index (χ0v) is 13.3. The highest BCUT2D eigenvalue weighted by molar-refractivity contribution is 9.10. The van der Waals surface area contributed by atoms with Crippen LogP contribution in [0, 0.1) is 0 Å². The maximum absolute atomic E-state index is 10.9. The van der Waals surface area contributed by atoms with Gasteiger partial charge in [-0.15, -0.1) is 0 Å². The average Bonchev–Trinajstić information content (AvgIpc) is 2.49. The normalized spacial score (nSPS) is 24.2. The molecule has 1 aromatic carbocycles. The number of benzene rings is 1. The summed E-state index contributed by atoms with van der Waals surface area (Å²) in [5, 5.41) is 0. The maximum Gasteiger partial charge on any atom is 0.151 e. The Kier molecular flexibility index (Phi) is 3.76. The molecule has 0 amide bonds. The number of aldehydes is 1. The second-order valence-corrected chi connectivity index (χ2v) is 6.93. The number of hydrogen-bond acceptors (Lipinski definition) is 3. The van der Waals surface area contributed by atoms with Gasteiger partial charge < -0.3 is 9.47 Å². The van der Waals surface area contributed by atoms with Crippen molar-refractivity contribution in [2.45, 2.75) is 51.4 Å². The standard InChI is InChI=1S/C15H19BrO3/c1-14(2)8-13(15(3,4)19-14)18-11-5-6-12(16)10(7-11)9-17/h5-7,9,13H,8H2,1-4H3. The van der Waals surface area contributed by atoms with E-state index in [-0.39, 0.29) is 17.3 Å². The summed E-state index contributed by atoms with van der Waals surface area (Å²) in [7, 11) is 0. The van der Waals surface area contributed by atoms with E-state index in [1.165, 1.54) is 0 Å². The molecule has 3 nitrogen and oxygen atoms in total. The molecule has 1 aliphatic rings. The Bertz CT molecular complexity index is 494. The van der Waals surface area contributed by atoms with E-state index in [1.54, 1.807) is 6.07 Å². The van der Waals surface area contributed by atoms with E-state index < -0.39 is 0 Å². The van der Waals surface area contributed by atoms with Crippen LogP contribution >= 0.6 is 15.9 Å². The third-order valence-corrected chi connectivity index (χ3v) is 4.09. The fourth-order valence-electron chi connectivity index (χ4n) is 2.55. The molecule has 1 heterocycles. The number of carbonyl (C=O) groups excluding carboxylic acids is 1. The van der Waals surface area contributed by atoms with Crippen LogP contribution in [-0.2, 0) is 4.74 Å². The number of hydrogen-bond donors (Lipinski definition) is 0. The van der Waals surface area contributed by atoms with Crippen LogP contribution in [-0.4, -0.2) is 23.6 Å². The second kappa shape index (κ2) is 4.91.